The van der Waals surface area contributed by atoms with Crippen molar-refractivity contribution in [3.05, 3.63) is 63.8 Å². The average molecular weight is 556 g/mol. The van der Waals surface area contributed by atoms with Crippen molar-refractivity contribution >= 4 is 55.3 Å². The first-order valence-corrected chi connectivity index (χ1v) is 14.6. The number of benzene rings is 1. The lowest BCUT2D eigenvalue weighted by molar-refractivity contribution is 0.566. The van der Waals surface area contributed by atoms with E-state index in [0.717, 1.165) is 26.2 Å². The lowest BCUT2D eigenvalue weighted by Gasteiger charge is -2.29. The van der Waals surface area contributed by atoms with Gasteiger partial charge in [-0.2, -0.15) is 4.98 Å². The third-order valence-corrected chi connectivity index (χ3v) is 7.74. The van der Waals surface area contributed by atoms with Gasteiger partial charge in [-0.25, -0.2) is 14.4 Å². The fraction of sp³-hybridized carbons (Fsp3) is 0.269. The molecule has 0 saturated carbocycles. The number of aryl methyl sites for hydroxylation is 1. The van der Waals surface area contributed by atoms with Crippen molar-refractivity contribution in [1.82, 2.24) is 24.8 Å². The van der Waals surface area contributed by atoms with Gasteiger partial charge in [0.1, 0.15) is 16.5 Å². The number of piperazine rings is 1. The van der Waals surface area contributed by atoms with Crippen LogP contribution in [0.3, 0.4) is 0 Å². The zero-order valence-electron chi connectivity index (χ0n) is 21.0. The Balaban J connectivity index is 1.51. The SMILES string of the molecule is C=S(C)(=O)c1ccc(Cl)c(-c2cc3cnc(Nc4ccc(N5CCNCC5)c(F)c4)nc3n(CC)c2=O)n1. The Morgan fingerprint density at radius 3 is 2.63 bits per heavy atom. The molecule has 9 nitrogen and oxygen atoms in total. The minimum atomic E-state index is -2.61. The quantitative estimate of drug-likeness (QED) is 0.348. The molecular weight excluding hydrogens is 529 g/mol. The molecule has 1 unspecified atom stereocenters. The summed E-state index contributed by atoms with van der Waals surface area (Å²) >= 11 is 6.39. The van der Waals surface area contributed by atoms with E-state index in [2.05, 4.69) is 31.5 Å². The molecule has 0 spiro atoms. The minimum absolute atomic E-state index is 0.221. The van der Waals surface area contributed by atoms with Gasteiger partial charge in [0, 0.05) is 65.8 Å². The van der Waals surface area contributed by atoms with E-state index in [1.807, 2.05) is 11.8 Å². The first-order valence-electron chi connectivity index (χ1n) is 12.1. The molecule has 1 fully saturated rings. The van der Waals surface area contributed by atoms with E-state index in [4.69, 9.17) is 11.6 Å². The van der Waals surface area contributed by atoms with Crippen molar-refractivity contribution in [2.45, 2.75) is 18.5 Å². The highest BCUT2D eigenvalue weighted by molar-refractivity contribution is 7.99. The van der Waals surface area contributed by atoms with Gasteiger partial charge >= 0.3 is 0 Å². The number of rotatable bonds is 6. The van der Waals surface area contributed by atoms with Gasteiger partial charge < -0.3 is 15.5 Å². The molecule has 38 heavy (non-hydrogen) atoms. The van der Waals surface area contributed by atoms with Crippen molar-refractivity contribution in [3.8, 4) is 11.3 Å². The van der Waals surface area contributed by atoms with Gasteiger partial charge in [-0.1, -0.05) is 11.6 Å². The third-order valence-electron chi connectivity index (χ3n) is 6.32. The topological polar surface area (TPSA) is 105 Å². The number of nitrogens with one attached hydrogen (secondary N) is 2. The monoisotopic (exact) mass is 555 g/mol. The van der Waals surface area contributed by atoms with Gasteiger partial charge in [-0.15, -0.1) is 0 Å². The van der Waals surface area contributed by atoms with Gasteiger partial charge in [0.25, 0.3) is 5.56 Å². The van der Waals surface area contributed by atoms with Crippen LogP contribution in [0.2, 0.25) is 5.02 Å². The van der Waals surface area contributed by atoms with Crippen molar-refractivity contribution in [2.24, 2.45) is 0 Å². The maximum absolute atomic E-state index is 14.9. The Bertz CT molecular complexity index is 1700. The van der Waals surface area contributed by atoms with Crippen LogP contribution in [0.25, 0.3) is 22.3 Å². The molecule has 0 amide bonds. The fourth-order valence-electron chi connectivity index (χ4n) is 4.41. The summed E-state index contributed by atoms with van der Waals surface area (Å²) in [6, 6.07) is 9.65. The summed E-state index contributed by atoms with van der Waals surface area (Å²) in [6.45, 7) is 5.26. The van der Waals surface area contributed by atoms with Crippen LogP contribution in [0, 0.1) is 5.82 Å². The van der Waals surface area contributed by atoms with E-state index in [0.29, 0.717) is 29.0 Å². The maximum Gasteiger partial charge on any atom is 0.261 e. The molecule has 198 valence electrons. The molecule has 2 N–H and O–H groups in total. The zero-order valence-corrected chi connectivity index (χ0v) is 22.6. The summed E-state index contributed by atoms with van der Waals surface area (Å²) in [5, 5.41) is 7.39. The highest BCUT2D eigenvalue weighted by Gasteiger charge is 2.19. The molecule has 0 bridgehead atoms. The van der Waals surface area contributed by atoms with Crippen molar-refractivity contribution in [3.63, 3.8) is 0 Å². The second-order valence-electron chi connectivity index (χ2n) is 9.09. The average Bonchev–Trinajstić information content (AvgIpc) is 2.89. The van der Waals surface area contributed by atoms with Crippen LogP contribution in [0.4, 0.5) is 21.7 Å². The maximum atomic E-state index is 14.9. The van der Waals surface area contributed by atoms with Crippen molar-refractivity contribution in [2.75, 3.05) is 42.7 Å². The first-order chi connectivity index (χ1) is 18.2. The van der Waals surface area contributed by atoms with Gasteiger partial charge in [-0.05, 0) is 49.2 Å². The molecule has 1 aromatic carbocycles. The molecule has 1 saturated heterocycles. The van der Waals surface area contributed by atoms with E-state index >= 15 is 0 Å². The van der Waals surface area contributed by atoms with E-state index < -0.39 is 9.52 Å². The van der Waals surface area contributed by atoms with E-state index in [1.165, 1.54) is 16.9 Å². The molecule has 1 aliphatic heterocycles. The summed E-state index contributed by atoms with van der Waals surface area (Å²) in [7, 11) is -2.61. The number of hydrogen-bond donors (Lipinski definition) is 2. The van der Waals surface area contributed by atoms with Gasteiger partial charge in [-0.3, -0.25) is 13.6 Å². The van der Waals surface area contributed by atoms with Crippen LogP contribution < -0.4 is 21.1 Å². The van der Waals surface area contributed by atoms with Crippen molar-refractivity contribution in [1.29, 1.82) is 0 Å². The fourth-order valence-corrected chi connectivity index (χ4v) is 5.26. The molecule has 4 aromatic rings. The molecule has 0 radical (unpaired) electrons. The Morgan fingerprint density at radius 1 is 1.18 bits per heavy atom. The summed E-state index contributed by atoms with van der Waals surface area (Å²) in [5.74, 6) is 3.56. The Hall–Kier alpha value is -3.54. The summed E-state index contributed by atoms with van der Waals surface area (Å²) < 4.78 is 28.8. The van der Waals surface area contributed by atoms with Crippen LogP contribution in [-0.4, -0.2) is 62.0 Å². The zero-order chi connectivity index (χ0) is 27.0. The molecule has 4 heterocycles. The Kier molecular flexibility index (Phi) is 7.08. The van der Waals surface area contributed by atoms with Gasteiger partial charge in [0.15, 0.2) is 0 Å². The lowest BCUT2D eigenvalue weighted by atomic mass is 10.1. The van der Waals surface area contributed by atoms with E-state index in [9.17, 15) is 13.4 Å². The molecule has 1 atom stereocenters. The normalized spacial score (nSPS) is 15.4. The van der Waals surface area contributed by atoms with Crippen LogP contribution in [0.5, 0.6) is 0 Å². The number of anilines is 3. The minimum Gasteiger partial charge on any atom is -0.367 e. The summed E-state index contributed by atoms with van der Waals surface area (Å²) in [4.78, 5) is 28.8. The van der Waals surface area contributed by atoms with Crippen LogP contribution >= 0.6 is 11.6 Å². The predicted molar refractivity (Wildman–Crippen MR) is 152 cm³/mol. The van der Waals surface area contributed by atoms with Crippen LogP contribution in [0.1, 0.15) is 6.92 Å². The molecule has 0 aliphatic carbocycles. The van der Waals surface area contributed by atoms with Crippen LogP contribution in [0.15, 0.2) is 52.4 Å². The second-order valence-corrected chi connectivity index (χ2v) is 11.9. The van der Waals surface area contributed by atoms with E-state index in [-0.39, 0.29) is 38.6 Å². The largest absolute Gasteiger partial charge is 0.367 e. The predicted octanol–water partition coefficient (Wildman–Crippen LogP) is 3.52. The molecule has 5 rings (SSSR count). The van der Waals surface area contributed by atoms with E-state index in [1.54, 1.807) is 36.5 Å². The number of fused-ring (bicyclic) bond motifs is 1. The Morgan fingerprint density at radius 2 is 1.95 bits per heavy atom. The molecule has 12 heteroatoms. The number of hydrogen-bond acceptors (Lipinski definition) is 8. The number of nitrogens with zero attached hydrogens (tertiary/aromatic N) is 5. The molecular formula is C26H27ClFN7O2S. The molecule has 1 aliphatic rings. The lowest BCUT2D eigenvalue weighted by Crippen LogP contribution is -2.43. The Labute approximate surface area is 224 Å². The number of halogens is 2. The van der Waals surface area contributed by atoms with Crippen molar-refractivity contribution < 1.29 is 8.60 Å². The summed E-state index contributed by atoms with van der Waals surface area (Å²) in [5.41, 5.74) is 1.56. The smallest absolute Gasteiger partial charge is 0.261 e. The highest BCUT2D eigenvalue weighted by Crippen LogP contribution is 2.28. The van der Waals surface area contributed by atoms with Crippen LogP contribution in [-0.2, 0) is 16.1 Å². The van der Waals surface area contributed by atoms with Gasteiger partial charge in [0.2, 0.25) is 5.95 Å². The third kappa shape index (κ3) is 5.09. The summed E-state index contributed by atoms with van der Waals surface area (Å²) in [6.07, 6.45) is 3.05. The standard InChI is InChI=1S/C26H27ClFN7O2S/c1-4-35-24-16(13-18(25(35)36)23-19(27)6-8-22(32-23)38(2,3)37)15-30-26(33-24)31-17-5-7-21(20(28)14-17)34-11-9-29-10-12-34/h5-8,13-15,29H,2,4,9-12H2,1,3H3,(H,30,31,33). The first kappa shape index (κ1) is 26.1. The number of aromatic nitrogens is 4. The number of pyridine rings is 2. The highest BCUT2D eigenvalue weighted by atomic mass is 35.5. The van der Waals surface area contributed by atoms with Gasteiger partial charge in [0.05, 0.1) is 22.0 Å². The second kappa shape index (κ2) is 10.3. The molecule has 3 aromatic heterocycles.